The van der Waals surface area contributed by atoms with Crippen LogP contribution in [-0.4, -0.2) is 88.9 Å². The van der Waals surface area contributed by atoms with Gasteiger partial charge in [0.25, 0.3) is 0 Å². The number of aliphatic hydroxyl groups excluding tert-OH is 1. The number of aliphatic carboxylic acids is 1. The summed E-state index contributed by atoms with van der Waals surface area (Å²) >= 11 is 0. The fourth-order valence-corrected chi connectivity index (χ4v) is 6.85. The summed E-state index contributed by atoms with van der Waals surface area (Å²) in [6, 6.07) is 12.3. The molecule has 3 N–H and O–H groups in total. The SMILES string of the molecule is COc1ccc2c3c1O[C@H]1C(OC(=O)[C@@H](OC(=O)[C@H](C)O)c4ccccc4)=CC[C@@]4(O)[C@@H](C2)N(C)CC[C@]314.O=C(O)C(F)(F)F. The molecule has 0 unspecified atom stereocenters. The van der Waals surface area contributed by atoms with Crippen molar-refractivity contribution in [3.63, 3.8) is 0 Å². The number of rotatable bonds is 6. The van der Waals surface area contributed by atoms with Crippen molar-refractivity contribution < 1.29 is 61.8 Å². The molecule has 45 heavy (non-hydrogen) atoms. The van der Waals surface area contributed by atoms with Gasteiger partial charge in [0.15, 0.2) is 17.6 Å². The molecular weight excluding hydrogens is 603 g/mol. The number of nitrogens with zero attached hydrogens (tertiary/aromatic N) is 1. The van der Waals surface area contributed by atoms with Crippen LogP contribution >= 0.6 is 0 Å². The summed E-state index contributed by atoms with van der Waals surface area (Å²) in [5.74, 6) is -3.11. The molecule has 242 valence electrons. The molecule has 1 saturated heterocycles. The fraction of sp³-hybridized carbons (Fsp3) is 0.452. The van der Waals surface area contributed by atoms with Gasteiger partial charge in [-0.2, -0.15) is 13.2 Å². The van der Waals surface area contributed by atoms with Gasteiger partial charge >= 0.3 is 24.1 Å². The molecule has 2 aromatic carbocycles. The second kappa shape index (κ2) is 11.7. The Bertz CT molecular complexity index is 1530. The van der Waals surface area contributed by atoms with Gasteiger partial charge in [0.1, 0.15) is 11.9 Å². The van der Waals surface area contributed by atoms with Gasteiger partial charge in [-0.3, -0.25) is 0 Å². The van der Waals surface area contributed by atoms with E-state index in [0.29, 0.717) is 29.9 Å². The molecule has 2 aliphatic heterocycles. The maximum atomic E-state index is 13.5. The molecule has 6 rings (SSSR count). The van der Waals surface area contributed by atoms with Crippen LogP contribution in [0.5, 0.6) is 11.5 Å². The summed E-state index contributed by atoms with van der Waals surface area (Å²) < 4.78 is 55.2. The Balaban J connectivity index is 0.000000515. The number of ether oxygens (including phenoxy) is 4. The van der Waals surface area contributed by atoms with Gasteiger partial charge in [0.2, 0.25) is 6.10 Å². The number of aliphatic hydroxyl groups is 2. The van der Waals surface area contributed by atoms with E-state index in [-0.39, 0.29) is 18.2 Å². The molecule has 1 fully saturated rings. The summed E-state index contributed by atoms with van der Waals surface area (Å²) in [6.45, 7) is 2.01. The lowest BCUT2D eigenvalue weighted by Crippen LogP contribution is -2.74. The minimum atomic E-state index is -5.08. The van der Waals surface area contributed by atoms with E-state index in [1.807, 2.05) is 19.2 Å². The van der Waals surface area contributed by atoms with Crippen molar-refractivity contribution in [2.75, 3.05) is 20.7 Å². The molecule has 6 atom stereocenters. The zero-order valence-corrected chi connectivity index (χ0v) is 24.5. The van der Waals surface area contributed by atoms with Crippen LogP contribution < -0.4 is 9.47 Å². The number of carboxylic acids is 1. The summed E-state index contributed by atoms with van der Waals surface area (Å²) in [5, 5.41) is 29.1. The van der Waals surface area contributed by atoms with Crippen molar-refractivity contribution in [1.29, 1.82) is 0 Å². The Morgan fingerprint density at radius 1 is 1.11 bits per heavy atom. The van der Waals surface area contributed by atoms with E-state index in [2.05, 4.69) is 4.90 Å². The van der Waals surface area contributed by atoms with Crippen LogP contribution in [0.25, 0.3) is 0 Å². The van der Waals surface area contributed by atoms with Crippen LogP contribution in [0.1, 0.15) is 42.6 Å². The predicted octanol–water partition coefficient (Wildman–Crippen LogP) is 2.81. The number of halogens is 3. The molecule has 2 heterocycles. The van der Waals surface area contributed by atoms with Crippen molar-refractivity contribution in [2.45, 2.75) is 67.7 Å². The van der Waals surface area contributed by atoms with Crippen molar-refractivity contribution in [1.82, 2.24) is 4.90 Å². The van der Waals surface area contributed by atoms with E-state index in [0.717, 1.165) is 17.7 Å². The molecule has 0 aromatic heterocycles. The van der Waals surface area contributed by atoms with E-state index in [1.165, 1.54) is 6.92 Å². The van der Waals surface area contributed by atoms with E-state index in [1.54, 1.807) is 43.5 Å². The van der Waals surface area contributed by atoms with Gasteiger partial charge in [0, 0.05) is 23.6 Å². The van der Waals surface area contributed by atoms with Gasteiger partial charge in [-0.05, 0) is 51.1 Å². The second-order valence-electron chi connectivity index (χ2n) is 11.4. The maximum Gasteiger partial charge on any atom is 0.490 e. The quantitative estimate of drug-likeness (QED) is 0.402. The number of likely N-dealkylation sites (N-methyl/N-ethyl adjacent to an activating group) is 1. The summed E-state index contributed by atoms with van der Waals surface area (Å²) in [6.07, 6.45) is -5.39. The van der Waals surface area contributed by atoms with Gasteiger partial charge in [-0.25, -0.2) is 14.4 Å². The Morgan fingerprint density at radius 2 is 1.78 bits per heavy atom. The number of benzene rings is 2. The molecule has 0 saturated carbocycles. The topological polar surface area (TPSA) is 152 Å². The van der Waals surface area contributed by atoms with Crippen molar-refractivity contribution in [3.8, 4) is 11.5 Å². The highest BCUT2D eigenvalue weighted by Crippen LogP contribution is 2.65. The van der Waals surface area contributed by atoms with Gasteiger partial charge in [-0.1, -0.05) is 36.4 Å². The lowest BCUT2D eigenvalue weighted by atomic mass is 9.50. The van der Waals surface area contributed by atoms with Gasteiger partial charge < -0.3 is 39.2 Å². The van der Waals surface area contributed by atoms with Crippen LogP contribution in [0.2, 0.25) is 0 Å². The molecule has 4 aliphatic rings. The highest BCUT2D eigenvalue weighted by atomic mass is 19.4. The van der Waals surface area contributed by atoms with E-state index in [9.17, 15) is 33.0 Å². The minimum Gasteiger partial charge on any atom is -0.493 e. The van der Waals surface area contributed by atoms with Crippen LogP contribution in [0.15, 0.2) is 54.3 Å². The number of methoxy groups -OCH3 is 1. The molecule has 2 aliphatic carbocycles. The number of alkyl halides is 3. The molecule has 0 amide bonds. The smallest absolute Gasteiger partial charge is 0.490 e. The first-order chi connectivity index (χ1) is 21.2. The first-order valence-corrected chi connectivity index (χ1v) is 14.1. The number of hydrogen-bond acceptors (Lipinski definition) is 10. The predicted molar refractivity (Wildman–Crippen MR) is 148 cm³/mol. The Labute approximate surface area is 255 Å². The van der Waals surface area contributed by atoms with Crippen molar-refractivity contribution >= 4 is 17.9 Å². The highest BCUT2D eigenvalue weighted by molar-refractivity contribution is 5.83. The van der Waals surface area contributed by atoms with Crippen molar-refractivity contribution in [2.24, 2.45) is 0 Å². The Kier molecular flexibility index (Phi) is 8.36. The molecular formula is C31H32F3NO10. The number of carbonyl (C=O) groups is 3. The zero-order chi connectivity index (χ0) is 32.9. The molecule has 0 radical (unpaired) electrons. The van der Waals surface area contributed by atoms with E-state index >= 15 is 0 Å². The van der Waals surface area contributed by atoms with Crippen LogP contribution in [-0.2, 0) is 35.7 Å². The zero-order valence-electron chi connectivity index (χ0n) is 24.5. The summed E-state index contributed by atoms with van der Waals surface area (Å²) in [5.41, 5.74) is 0.461. The lowest BCUT2D eigenvalue weighted by molar-refractivity contribution is -0.192. The normalized spacial score (nSPS) is 27.3. The molecule has 11 nitrogen and oxygen atoms in total. The van der Waals surface area contributed by atoms with Crippen LogP contribution in [0.4, 0.5) is 13.2 Å². The monoisotopic (exact) mass is 635 g/mol. The minimum absolute atomic E-state index is 0.133. The average Bonchev–Trinajstić information content (AvgIpc) is 3.35. The van der Waals surface area contributed by atoms with Crippen LogP contribution in [0, 0.1) is 0 Å². The third-order valence-corrected chi connectivity index (χ3v) is 8.91. The van der Waals surface area contributed by atoms with E-state index in [4.69, 9.17) is 28.8 Å². The first-order valence-electron chi connectivity index (χ1n) is 14.1. The fourth-order valence-electron chi connectivity index (χ4n) is 6.85. The number of esters is 2. The Hall–Kier alpha value is -4.14. The highest BCUT2D eigenvalue weighted by Gasteiger charge is 2.72. The van der Waals surface area contributed by atoms with Crippen LogP contribution in [0.3, 0.4) is 0 Å². The number of hydrogen-bond donors (Lipinski definition) is 3. The number of carboxylic acid groups (broad SMARTS) is 1. The molecule has 14 heteroatoms. The summed E-state index contributed by atoms with van der Waals surface area (Å²) in [4.78, 5) is 36.9. The average molecular weight is 636 g/mol. The second-order valence-corrected chi connectivity index (χ2v) is 11.4. The maximum absolute atomic E-state index is 13.5. The number of likely N-dealkylation sites (tertiary alicyclic amines) is 1. The Morgan fingerprint density at radius 3 is 2.38 bits per heavy atom. The third-order valence-electron chi connectivity index (χ3n) is 8.91. The largest absolute Gasteiger partial charge is 0.493 e. The van der Waals surface area contributed by atoms with Gasteiger partial charge in [-0.15, -0.1) is 0 Å². The molecule has 2 aromatic rings. The number of carbonyl (C=O) groups excluding carboxylic acids is 2. The number of piperidine rings is 1. The molecule has 1 spiro atoms. The third kappa shape index (κ3) is 5.30. The van der Waals surface area contributed by atoms with Gasteiger partial charge in [0.05, 0.1) is 18.1 Å². The molecule has 2 bridgehead atoms. The standard InChI is InChI=1S/C29H31NO8.C2HF3O2/c1-16(31)26(32)38-23(17-7-5-4-6-8-17)27(33)36-20-11-12-29(34)21-15-18-9-10-19(35-3)24-22(18)28(29,25(20)37-24)13-14-30(21)2;3-2(4,5)1(6)7/h4-11,16,21,23,25,31,34H,12-15H2,1-3H3;(H,6,7)/t16-,21+,23-,25-,28-,29+;/m0./s1. The lowest BCUT2D eigenvalue weighted by Gasteiger charge is -2.61. The van der Waals surface area contributed by atoms with E-state index < -0.39 is 53.4 Å². The van der Waals surface area contributed by atoms with Crippen molar-refractivity contribution in [3.05, 3.63) is 71.0 Å². The first kappa shape index (κ1) is 32.3. The summed E-state index contributed by atoms with van der Waals surface area (Å²) in [7, 11) is 3.60.